The largest absolute Gasteiger partial charge is 0.493 e. The van der Waals surface area contributed by atoms with Gasteiger partial charge in [-0.25, -0.2) is 0 Å². The number of hydrogen-bond acceptors (Lipinski definition) is 6. The Labute approximate surface area is 174 Å². The lowest BCUT2D eigenvalue weighted by atomic mass is 10.1. The molecule has 0 bridgehead atoms. The minimum atomic E-state index is -0.367. The smallest absolute Gasteiger partial charge is 0.256 e. The van der Waals surface area contributed by atoms with Crippen LogP contribution in [0.2, 0.25) is 5.02 Å². The van der Waals surface area contributed by atoms with Crippen molar-refractivity contribution in [2.24, 2.45) is 0 Å². The number of hydrogen-bond donors (Lipinski definition) is 1. The molecular formula is C21H24ClNO6. The van der Waals surface area contributed by atoms with Crippen LogP contribution in [-0.4, -0.2) is 46.6 Å². The number of amides is 1. The van der Waals surface area contributed by atoms with Gasteiger partial charge in [0.25, 0.3) is 5.91 Å². The molecule has 0 spiro atoms. The third-order valence-corrected chi connectivity index (χ3v) is 4.80. The Morgan fingerprint density at radius 1 is 1.10 bits per heavy atom. The summed E-state index contributed by atoms with van der Waals surface area (Å²) < 4.78 is 27.4. The number of nitrogens with one attached hydrogen (secondary N) is 1. The zero-order chi connectivity index (χ0) is 20.8. The maximum atomic E-state index is 12.9. The van der Waals surface area contributed by atoms with Gasteiger partial charge in [-0.3, -0.25) is 4.79 Å². The maximum Gasteiger partial charge on any atom is 0.256 e. The predicted octanol–water partition coefficient (Wildman–Crippen LogP) is 4.18. The van der Waals surface area contributed by atoms with Gasteiger partial charge in [0.15, 0.2) is 11.5 Å². The first-order chi connectivity index (χ1) is 14.0. The van der Waals surface area contributed by atoms with E-state index in [1.54, 1.807) is 30.3 Å². The van der Waals surface area contributed by atoms with E-state index in [1.807, 2.05) is 0 Å². The van der Waals surface area contributed by atoms with E-state index in [1.165, 1.54) is 21.3 Å². The van der Waals surface area contributed by atoms with E-state index in [2.05, 4.69) is 5.32 Å². The van der Waals surface area contributed by atoms with Crippen molar-refractivity contribution in [1.82, 2.24) is 0 Å². The Bertz CT molecular complexity index is 841. The average molecular weight is 422 g/mol. The summed E-state index contributed by atoms with van der Waals surface area (Å²) in [5.41, 5.74) is 0.804. The zero-order valence-electron chi connectivity index (χ0n) is 16.6. The summed E-state index contributed by atoms with van der Waals surface area (Å²) >= 11 is 6.12. The molecule has 29 heavy (non-hydrogen) atoms. The molecule has 7 nitrogen and oxygen atoms in total. The van der Waals surface area contributed by atoms with Gasteiger partial charge in [-0.05, 0) is 43.2 Å². The van der Waals surface area contributed by atoms with Crippen molar-refractivity contribution >= 4 is 23.2 Å². The Balaban J connectivity index is 1.82. The molecule has 1 atom stereocenters. The van der Waals surface area contributed by atoms with Crippen LogP contribution in [-0.2, 0) is 4.74 Å². The Hall–Kier alpha value is -2.64. The number of carbonyl (C=O) groups excluding carboxylic acids is 1. The number of carbonyl (C=O) groups is 1. The minimum absolute atomic E-state index is 0.0596. The van der Waals surface area contributed by atoms with Gasteiger partial charge in [-0.1, -0.05) is 11.6 Å². The first kappa shape index (κ1) is 21.1. The van der Waals surface area contributed by atoms with Crippen molar-refractivity contribution < 1.29 is 28.5 Å². The second-order valence-corrected chi connectivity index (χ2v) is 6.89. The van der Waals surface area contributed by atoms with Crippen LogP contribution in [0.5, 0.6) is 23.0 Å². The van der Waals surface area contributed by atoms with Crippen molar-refractivity contribution in [2.75, 3.05) is 39.9 Å². The Morgan fingerprint density at radius 2 is 1.83 bits per heavy atom. The molecule has 0 saturated carbocycles. The van der Waals surface area contributed by atoms with E-state index in [0.29, 0.717) is 45.9 Å². The summed E-state index contributed by atoms with van der Waals surface area (Å²) in [6, 6.07) is 8.23. The van der Waals surface area contributed by atoms with Gasteiger partial charge in [-0.15, -0.1) is 0 Å². The van der Waals surface area contributed by atoms with Crippen molar-refractivity contribution in [3.63, 3.8) is 0 Å². The molecular weight excluding hydrogens is 398 g/mol. The summed E-state index contributed by atoms with van der Waals surface area (Å²) in [6.45, 7) is 1.16. The lowest BCUT2D eigenvalue weighted by Gasteiger charge is -2.17. The number of anilines is 1. The molecule has 0 aliphatic carbocycles. The molecule has 2 aromatic rings. The predicted molar refractivity (Wildman–Crippen MR) is 110 cm³/mol. The van der Waals surface area contributed by atoms with Gasteiger partial charge < -0.3 is 29.0 Å². The van der Waals surface area contributed by atoms with Crippen LogP contribution in [0.25, 0.3) is 0 Å². The molecule has 1 heterocycles. The first-order valence-corrected chi connectivity index (χ1v) is 9.58. The van der Waals surface area contributed by atoms with Gasteiger partial charge >= 0.3 is 0 Å². The molecule has 8 heteroatoms. The normalized spacial score (nSPS) is 15.7. The fraction of sp³-hybridized carbons (Fsp3) is 0.381. The van der Waals surface area contributed by atoms with E-state index in [4.69, 9.17) is 35.3 Å². The van der Waals surface area contributed by atoms with Crippen LogP contribution in [0.3, 0.4) is 0 Å². The van der Waals surface area contributed by atoms with E-state index in [0.717, 1.165) is 19.4 Å². The highest BCUT2D eigenvalue weighted by Crippen LogP contribution is 2.38. The average Bonchev–Trinajstić information content (AvgIpc) is 3.25. The van der Waals surface area contributed by atoms with E-state index < -0.39 is 0 Å². The fourth-order valence-electron chi connectivity index (χ4n) is 3.09. The van der Waals surface area contributed by atoms with Gasteiger partial charge in [0.1, 0.15) is 12.4 Å². The van der Waals surface area contributed by atoms with Crippen molar-refractivity contribution in [2.45, 2.75) is 18.9 Å². The number of halogens is 1. The van der Waals surface area contributed by atoms with Gasteiger partial charge in [0, 0.05) is 17.2 Å². The molecule has 0 radical (unpaired) electrons. The lowest BCUT2D eigenvalue weighted by Crippen LogP contribution is -2.18. The van der Waals surface area contributed by atoms with Gasteiger partial charge in [0.05, 0.1) is 33.1 Å². The topological polar surface area (TPSA) is 75.3 Å². The summed E-state index contributed by atoms with van der Waals surface area (Å²) in [6.07, 6.45) is 2.05. The molecule has 1 N–H and O–H groups in total. The summed E-state index contributed by atoms with van der Waals surface area (Å²) in [4.78, 5) is 12.9. The fourth-order valence-corrected chi connectivity index (χ4v) is 3.26. The lowest BCUT2D eigenvalue weighted by molar-refractivity contribution is 0.0682. The quantitative estimate of drug-likeness (QED) is 0.689. The Morgan fingerprint density at radius 3 is 2.41 bits per heavy atom. The van der Waals surface area contributed by atoms with Crippen LogP contribution in [0.15, 0.2) is 30.3 Å². The number of benzene rings is 2. The third-order valence-electron chi connectivity index (χ3n) is 4.57. The SMILES string of the molecule is COc1cc(C(=O)Nc2cc(Cl)ccc2OC[C@H]2CCCO2)cc(OC)c1OC. The van der Waals surface area contributed by atoms with Crippen LogP contribution in [0.1, 0.15) is 23.2 Å². The highest BCUT2D eigenvalue weighted by atomic mass is 35.5. The molecule has 3 rings (SSSR count). The molecule has 1 aliphatic heterocycles. The number of methoxy groups -OCH3 is 3. The number of ether oxygens (including phenoxy) is 5. The monoisotopic (exact) mass is 421 g/mol. The summed E-state index contributed by atoms with van der Waals surface area (Å²) in [5, 5.41) is 3.32. The first-order valence-electron chi connectivity index (χ1n) is 9.21. The van der Waals surface area contributed by atoms with E-state index >= 15 is 0 Å². The molecule has 2 aromatic carbocycles. The molecule has 0 unspecified atom stereocenters. The second kappa shape index (κ2) is 9.71. The van der Waals surface area contributed by atoms with Crippen molar-refractivity contribution in [3.05, 3.63) is 40.9 Å². The summed E-state index contributed by atoms with van der Waals surface area (Å²) in [7, 11) is 4.49. The van der Waals surface area contributed by atoms with E-state index in [9.17, 15) is 4.79 Å². The van der Waals surface area contributed by atoms with Crippen molar-refractivity contribution in [1.29, 1.82) is 0 Å². The molecule has 1 aliphatic rings. The third kappa shape index (κ3) is 5.05. The molecule has 156 valence electrons. The standard InChI is InChI=1S/C21H24ClNO6/c1-25-18-9-13(10-19(26-2)20(18)27-3)21(24)23-16-11-14(22)6-7-17(16)29-12-15-5-4-8-28-15/h6-7,9-11,15H,4-5,8,12H2,1-3H3,(H,23,24)/t15-/m1/s1. The second-order valence-electron chi connectivity index (χ2n) is 6.45. The van der Waals surface area contributed by atoms with Crippen LogP contribution in [0.4, 0.5) is 5.69 Å². The zero-order valence-corrected chi connectivity index (χ0v) is 17.4. The highest BCUT2D eigenvalue weighted by molar-refractivity contribution is 6.31. The van der Waals surface area contributed by atoms with Crippen LogP contribution in [0, 0.1) is 0 Å². The maximum absolute atomic E-state index is 12.9. The Kier molecular flexibility index (Phi) is 7.06. The highest BCUT2D eigenvalue weighted by Gasteiger charge is 2.20. The van der Waals surface area contributed by atoms with Gasteiger partial charge in [-0.2, -0.15) is 0 Å². The van der Waals surface area contributed by atoms with Crippen LogP contribution >= 0.6 is 11.6 Å². The van der Waals surface area contributed by atoms with Gasteiger partial charge in [0.2, 0.25) is 5.75 Å². The number of rotatable bonds is 8. The van der Waals surface area contributed by atoms with Crippen LogP contribution < -0.4 is 24.3 Å². The van der Waals surface area contributed by atoms with E-state index in [-0.39, 0.29) is 12.0 Å². The molecule has 1 saturated heterocycles. The molecule has 1 fully saturated rings. The minimum Gasteiger partial charge on any atom is -0.493 e. The summed E-state index contributed by atoms with van der Waals surface area (Å²) in [5.74, 6) is 1.34. The van der Waals surface area contributed by atoms with Crippen molar-refractivity contribution in [3.8, 4) is 23.0 Å². The molecule has 1 amide bonds. The molecule has 0 aromatic heterocycles.